The third-order valence-corrected chi connectivity index (χ3v) is 4.65. The Morgan fingerprint density at radius 1 is 1.05 bits per heavy atom. The van der Waals surface area contributed by atoms with Gasteiger partial charge in [-0.2, -0.15) is 0 Å². The number of anilines is 1. The molecule has 3 heterocycles. The highest BCUT2D eigenvalue weighted by Gasteiger charge is 2.51. The predicted octanol–water partition coefficient (Wildman–Crippen LogP) is 1.22. The quantitative estimate of drug-likeness (QED) is 0.766. The molecule has 0 N–H and O–H groups in total. The van der Waals surface area contributed by atoms with E-state index in [1.165, 1.54) is 0 Å². The van der Waals surface area contributed by atoms with E-state index in [1.807, 2.05) is 12.4 Å². The zero-order valence-electron chi connectivity index (χ0n) is 13.3. The van der Waals surface area contributed by atoms with Crippen LogP contribution in [0.5, 0.6) is 0 Å². The summed E-state index contributed by atoms with van der Waals surface area (Å²) >= 11 is 0. The number of aromatic nitrogens is 1. The molecule has 1 aromatic rings. The van der Waals surface area contributed by atoms with E-state index in [0.717, 1.165) is 37.5 Å². The Hall–Kier alpha value is -1.11. The van der Waals surface area contributed by atoms with E-state index in [4.69, 9.17) is 14.0 Å². The molecule has 0 bridgehead atoms. The van der Waals surface area contributed by atoms with Gasteiger partial charge in [0.2, 0.25) is 0 Å². The second-order valence-corrected chi connectivity index (χ2v) is 6.66. The van der Waals surface area contributed by atoms with Crippen molar-refractivity contribution in [3.05, 3.63) is 18.5 Å². The van der Waals surface area contributed by atoms with Gasteiger partial charge in [0.05, 0.1) is 36.3 Å². The van der Waals surface area contributed by atoms with E-state index < -0.39 is 0 Å². The normalized spacial score (nSPS) is 24.4. The van der Waals surface area contributed by atoms with Crippen molar-refractivity contribution in [3.63, 3.8) is 0 Å². The van der Waals surface area contributed by atoms with Gasteiger partial charge >= 0.3 is 7.12 Å². The van der Waals surface area contributed by atoms with Crippen molar-refractivity contribution in [2.75, 3.05) is 31.2 Å². The fourth-order valence-electron chi connectivity index (χ4n) is 2.55. The van der Waals surface area contributed by atoms with Gasteiger partial charge in [-0.05, 0) is 33.8 Å². The minimum absolute atomic E-state index is 0.327. The van der Waals surface area contributed by atoms with E-state index >= 15 is 0 Å². The number of morpholine rings is 1. The Labute approximate surface area is 126 Å². The van der Waals surface area contributed by atoms with Crippen molar-refractivity contribution in [2.24, 2.45) is 0 Å². The van der Waals surface area contributed by atoms with Gasteiger partial charge in [0.15, 0.2) is 0 Å². The van der Waals surface area contributed by atoms with Gasteiger partial charge < -0.3 is 18.9 Å². The molecule has 2 saturated heterocycles. The standard InChI is InChI=1S/C15H23BN2O3/c1-14(2)15(3,4)21-16(20-14)12-9-13(11-17-10-12)18-5-7-19-8-6-18/h9-11H,5-8H2,1-4H3. The molecule has 0 amide bonds. The van der Waals surface area contributed by atoms with Crippen molar-refractivity contribution in [1.82, 2.24) is 4.98 Å². The van der Waals surface area contributed by atoms with Crippen molar-refractivity contribution in [3.8, 4) is 0 Å². The molecule has 2 aliphatic heterocycles. The van der Waals surface area contributed by atoms with E-state index in [9.17, 15) is 0 Å². The van der Waals surface area contributed by atoms with Crippen LogP contribution in [0.3, 0.4) is 0 Å². The van der Waals surface area contributed by atoms with Gasteiger partial charge in [-0.25, -0.2) is 0 Å². The Morgan fingerprint density at radius 2 is 1.67 bits per heavy atom. The van der Waals surface area contributed by atoms with Crippen LogP contribution in [0.25, 0.3) is 0 Å². The van der Waals surface area contributed by atoms with Gasteiger partial charge in [-0.1, -0.05) is 0 Å². The van der Waals surface area contributed by atoms with Crippen LogP contribution >= 0.6 is 0 Å². The maximum absolute atomic E-state index is 6.09. The molecule has 0 aromatic carbocycles. The Balaban J connectivity index is 1.81. The lowest BCUT2D eigenvalue weighted by Crippen LogP contribution is -2.41. The monoisotopic (exact) mass is 290 g/mol. The minimum Gasteiger partial charge on any atom is -0.399 e. The molecule has 3 rings (SSSR count). The lowest BCUT2D eigenvalue weighted by molar-refractivity contribution is 0.00578. The van der Waals surface area contributed by atoms with E-state index in [-0.39, 0.29) is 18.3 Å². The van der Waals surface area contributed by atoms with Crippen LogP contribution in [-0.2, 0) is 14.0 Å². The molecule has 0 aliphatic carbocycles. The van der Waals surface area contributed by atoms with E-state index in [1.54, 1.807) is 0 Å². The van der Waals surface area contributed by atoms with Crippen molar-refractivity contribution >= 4 is 18.3 Å². The number of pyridine rings is 1. The van der Waals surface area contributed by atoms with Crippen molar-refractivity contribution in [2.45, 2.75) is 38.9 Å². The first-order valence-electron chi connectivity index (χ1n) is 7.52. The van der Waals surface area contributed by atoms with E-state index in [2.05, 4.69) is 43.6 Å². The molecule has 6 heteroatoms. The molecule has 0 spiro atoms. The van der Waals surface area contributed by atoms with Crippen LogP contribution in [0.1, 0.15) is 27.7 Å². The van der Waals surface area contributed by atoms with E-state index in [0.29, 0.717) is 0 Å². The summed E-state index contributed by atoms with van der Waals surface area (Å²) < 4.78 is 17.6. The summed E-state index contributed by atoms with van der Waals surface area (Å²) in [6.07, 6.45) is 3.71. The second kappa shape index (κ2) is 5.27. The van der Waals surface area contributed by atoms with Crippen LogP contribution in [0.2, 0.25) is 0 Å². The lowest BCUT2D eigenvalue weighted by atomic mass is 9.80. The average molecular weight is 290 g/mol. The zero-order valence-corrected chi connectivity index (χ0v) is 13.3. The lowest BCUT2D eigenvalue weighted by Gasteiger charge is -2.32. The molecule has 114 valence electrons. The summed E-state index contributed by atoms with van der Waals surface area (Å²) in [5.74, 6) is 0. The smallest absolute Gasteiger partial charge is 0.399 e. The Bertz CT molecular complexity index is 499. The summed E-state index contributed by atoms with van der Waals surface area (Å²) in [5.41, 5.74) is 1.42. The summed E-state index contributed by atoms with van der Waals surface area (Å²) in [4.78, 5) is 6.64. The molecule has 0 atom stereocenters. The van der Waals surface area contributed by atoms with Crippen LogP contribution in [0.4, 0.5) is 5.69 Å². The highest BCUT2D eigenvalue weighted by molar-refractivity contribution is 6.62. The number of hydrogen-bond donors (Lipinski definition) is 0. The molecule has 0 unspecified atom stereocenters. The number of nitrogens with zero attached hydrogens (tertiary/aromatic N) is 2. The number of hydrogen-bond acceptors (Lipinski definition) is 5. The SMILES string of the molecule is CC1(C)OB(c2cncc(N3CCOCC3)c2)OC1(C)C. The van der Waals surface area contributed by atoms with Crippen LogP contribution in [0.15, 0.2) is 18.5 Å². The largest absolute Gasteiger partial charge is 0.496 e. The Kier molecular flexibility index (Phi) is 3.72. The summed E-state index contributed by atoms with van der Waals surface area (Å²) in [7, 11) is -0.358. The summed E-state index contributed by atoms with van der Waals surface area (Å²) in [5, 5.41) is 0. The van der Waals surface area contributed by atoms with Crippen molar-refractivity contribution in [1.29, 1.82) is 0 Å². The average Bonchev–Trinajstić information content (AvgIpc) is 2.69. The van der Waals surface area contributed by atoms with Gasteiger partial charge in [-0.15, -0.1) is 0 Å². The first-order chi connectivity index (χ1) is 9.89. The van der Waals surface area contributed by atoms with Crippen LogP contribution in [0, 0.1) is 0 Å². The number of rotatable bonds is 2. The molecule has 1 aromatic heterocycles. The first-order valence-corrected chi connectivity index (χ1v) is 7.52. The minimum atomic E-state index is -0.358. The Morgan fingerprint density at radius 3 is 2.29 bits per heavy atom. The highest BCUT2D eigenvalue weighted by atomic mass is 16.7. The molecule has 0 radical (unpaired) electrons. The summed E-state index contributed by atoms with van der Waals surface area (Å²) in [6.45, 7) is 11.6. The van der Waals surface area contributed by atoms with Gasteiger partial charge in [0.1, 0.15) is 0 Å². The van der Waals surface area contributed by atoms with Crippen LogP contribution in [-0.4, -0.2) is 49.6 Å². The molecule has 2 aliphatic rings. The molecular weight excluding hydrogens is 267 g/mol. The fourth-order valence-corrected chi connectivity index (χ4v) is 2.55. The van der Waals surface area contributed by atoms with Gasteiger partial charge in [0.25, 0.3) is 0 Å². The van der Waals surface area contributed by atoms with Gasteiger partial charge in [0, 0.05) is 24.7 Å². The van der Waals surface area contributed by atoms with Crippen molar-refractivity contribution < 1.29 is 14.0 Å². The zero-order chi connectivity index (χ0) is 15.1. The molecule has 0 saturated carbocycles. The molecule has 2 fully saturated rings. The molecule has 5 nitrogen and oxygen atoms in total. The predicted molar refractivity (Wildman–Crippen MR) is 83.0 cm³/mol. The first kappa shape index (κ1) is 14.8. The molecular formula is C15H23BN2O3. The molecule has 21 heavy (non-hydrogen) atoms. The topological polar surface area (TPSA) is 43.8 Å². The maximum Gasteiger partial charge on any atom is 0.496 e. The van der Waals surface area contributed by atoms with Crippen LogP contribution < -0.4 is 10.4 Å². The third kappa shape index (κ3) is 2.80. The second-order valence-electron chi connectivity index (χ2n) is 6.66. The number of ether oxygens (including phenoxy) is 1. The van der Waals surface area contributed by atoms with Gasteiger partial charge in [-0.3, -0.25) is 4.98 Å². The highest BCUT2D eigenvalue weighted by Crippen LogP contribution is 2.36. The maximum atomic E-state index is 6.09. The summed E-state index contributed by atoms with van der Waals surface area (Å²) in [6, 6.07) is 2.11. The fraction of sp³-hybridized carbons (Fsp3) is 0.667. The third-order valence-electron chi connectivity index (χ3n) is 4.65.